The van der Waals surface area contributed by atoms with E-state index in [9.17, 15) is 9.18 Å². The van der Waals surface area contributed by atoms with Crippen LogP contribution in [-0.4, -0.2) is 16.8 Å². The molecule has 1 aliphatic carbocycles. The van der Waals surface area contributed by atoms with Gasteiger partial charge >= 0.3 is 0 Å². The summed E-state index contributed by atoms with van der Waals surface area (Å²) in [7, 11) is 0. The minimum absolute atomic E-state index is 0.154. The fourth-order valence-corrected chi connectivity index (χ4v) is 2.29. The average molecular weight is 273 g/mol. The Hall–Kier alpha value is -2.10. The molecule has 20 heavy (non-hydrogen) atoms. The van der Waals surface area contributed by atoms with Gasteiger partial charge in [0.1, 0.15) is 5.82 Å². The fraction of sp³-hybridized carbons (Fsp3) is 0.312. The highest BCUT2D eigenvalue weighted by Crippen LogP contribution is 2.30. The molecule has 0 aliphatic heterocycles. The Labute approximate surface area is 117 Å². The van der Waals surface area contributed by atoms with Crippen molar-refractivity contribution in [2.24, 2.45) is 0 Å². The smallest absolute Gasteiger partial charge is 0.290 e. The van der Waals surface area contributed by atoms with Gasteiger partial charge < -0.3 is 9.32 Å². The van der Waals surface area contributed by atoms with Crippen molar-refractivity contribution in [1.82, 2.24) is 4.90 Å². The van der Waals surface area contributed by atoms with Crippen molar-refractivity contribution >= 4 is 5.91 Å². The number of carbonyl (C=O) groups excluding carboxylic acids is 1. The van der Waals surface area contributed by atoms with Crippen molar-refractivity contribution in [3.8, 4) is 0 Å². The van der Waals surface area contributed by atoms with E-state index in [4.69, 9.17) is 4.42 Å². The first kappa shape index (κ1) is 12.9. The lowest BCUT2D eigenvalue weighted by Crippen LogP contribution is -2.33. The molecule has 0 unspecified atom stereocenters. The molecule has 3 rings (SSSR count). The van der Waals surface area contributed by atoms with Crippen LogP contribution in [0.25, 0.3) is 0 Å². The molecule has 104 valence electrons. The van der Waals surface area contributed by atoms with Gasteiger partial charge in [0.2, 0.25) is 0 Å². The van der Waals surface area contributed by atoms with Gasteiger partial charge in [-0.2, -0.15) is 0 Å². The third-order valence-electron chi connectivity index (χ3n) is 3.60. The van der Waals surface area contributed by atoms with E-state index < -0.39 is 0 Å². The number of hydrogen-bond acceptors (Lipinski definition) is 2. The molecule has 0 radical (unpaired) electrons. The average Bonchev–Trinajstić information content (AvgIpc) is 3.19. The number of aryl methyl sites for hydroxylation is 1. The van der Waals surface area contributed by atoms with E-state index in [0.29, 0.717) is 11.3 Å². The highest BCUT2D eigenvalue weighted by Gasteiger charge is 2.35. The Morgan fingerprint density at radius 1 is 1.35 bits per heavy atom. The Bertz CT molecular complexity index is 631. The SMILES string of the molecule is Cc1ccoc1C(=O)N(Cc1ccccc1F)C1CC1. The maximum atomic E-state index is 13.8. The van der Waals surface area contributed by atoms with Crippen LogP contribution in [0.5, 0.6) is 0 Å². The second kappa shape index (κ2) is 5.12. The molecule has 1 aliphatic rings. The van der Waals surface area contributed by atoms with Crippen molar-refractivity contribution in [2.75, 3.05) is 0 Å². The van der Waals surface area contributed by atoms with Gasteiger partial charge in [0, 0.05) is 23.7 Å². The summed E-state index contributed by atoms with van der Waals surface area (Å²) in [5, 5.41) is 0. The summed E-state index contributed by atoms with van der Waals surface area (Å²) < 4.78 is 19.0. The second-order valence-corrected chi connectivity index (χ2v) is 5.19. The molecular weight excluding hydrogens is 257 g/mol. The van der Waals surface area contributed by atoms with Crippen molar-refractivity contribution in [1.29, 1.82) is 0 Å². The minimum atomic E-state index is -0.276. The Morgan fingerprint density at radius 3 is 2.70 bits per heavy atom. The highest BCUT2D eigenvalue weighted by molar-refractivity contribution is 5.93. The summed E-state index contributed by atoms with van der Waals surface area (Å²) in [6, 6.07) is 8.54. The maximum absolute atomic E-state index is 13.8. The van der Waals surface area contributed by atoms with Crippen LogP contribution in [-0.2, 0) is 6.54 Å². The quantitative estimate of drug-likeness (QED) is 0.853. The lowest BCUT2D eigenvalue weighted by atomic mass is 10.1. The van der Waals surface area contributed by atoms with Crippen LogP contribution in [0.4, 0.5) is 4.39 Å². The van der Waals surface area contributed by atoms with E-state index in [-0.39, 0.29) is 24.3 Å². The predicted octanol–water partition coefficient (Wildman–Crippen LogP) is 3.53. The van der Waals surface area contributed by atoms with Crippen LogP contribution in [0, 0.1) is 12.7 Å². The third kappa shape index (κ3) is 2.46. The van der Waals surface area contributed by atoms with E-state index in [1.807, 2.05) is 6.92 Å². The van der Waals surface area contributed by atoms with Crippen LogP contribution in [0.15, 0.2) is 41.0 Å². The van der Waals surface area contributed by atoms with Gasteiger partial charge in [-0.05, 0) is 31.9 Å². The van der Waals surface area contributed by atoms with E-state index in [0.717, 1.165) is 18.4 Å². The summed E-state index contributed by atoms with van der Waals surface area (Å²) in [6.07, 6.45) is 3.46. The van der Waals surface area contributed by atoms with Gasteiger partial charge in [-0.25, -0.2) is 4.39 Å². The van der Waals surface area contributed by atoms with Crippen LogP contribution in [0.2, 0.25) is 0 Å². The third-order valence-corrected chi connectivity index (χ3v) is 3.60. The molecule has 0 N–H and O–H groups in total. The number of hydrogen-bond donors (Lipinski definition) is 0. The van der Waals surface area contributed by atoms with Gasteiger partial charge in [0.25, 0.3) is 5.91 Å². The topological polar surface area (TPSA) is 33.5 Å². The second-order valence-electron chi connectivity index (χ2n) is 5.19. The number of furan rings is 1. The summed E-state index contributed by atoms with van der Waals surface area (Å²) in [6.45, 7) is 2.13. The monoisotopic (exact) mass is 273 g/mol. The van der Waals surface area contributed by atoms with Crippen LogP contribution >= 0.6 is 0 Å². The predicted molar refractivity (Wildman–Crippen MR) is 72.7 cm³/mol. The van der Waals surface area contributed by atoms with E-state index >= 15 is 0 Å². The Kier molecular flexibility index (Phi) is 3.30. The molecule has 4 heteroatoms. The van der Waals surface area contributed by atoms with E-state index in [1.165, 1.54) is 12.3 Å². The number of amides is 1. The van der Waals surface area contributed by atoms with E-state index in [1.54, 1.807) is 29.2 Å². The highest BCUT2D eigenvalue weighted by atomic mass is 19.1. The van der Waals surface area contributed by atoms with Crippen LogP contribution in [0.3, 0.4) is 0 Å². The van der Waals surface area contributed by atoms with Gasteiger partial charge in [-0.1, -0.05) is 18.2 Å². The maximum Gasteiger partial charge on any atom is 0.290 e. The van der Waals surface area contributed by atoms with Crippen molar-refractivity contribution in [3.05, 3.63) is 59.3 Å². The normalized spacial score (nSPS) is 14.3. The largest absolute Gasteiger partial charge is 0.459 e. The Balaban J connectivity index is 1.85. The first-order valence-corrected chi connectivity index (χ1v) is 6.75. The van der Waals surface area contributed by atoms with Crippen molar-refractivity contribution < 1.29 is 13.6 Å². The molecule has 1 aromatic carbocycles. The number of benzene rings is 1. The summed E-state index contributed by atoms with van der Waals surface area (Å²) in [5.74, 6) is -0.0754. The zero-order chi connectivity index (χ0) is 14.1. The minimum Gasteiger partial charge on any atom is -0.459 e. The lowest BCUT2D eigenvalue weighted by Gasteiger charge is -2.22. The number of halogens is 1. The Morgan fingerprint density at radius 2 is 2.10 bits per heavy atom. The molecular formula is C16H16FNO2. The van der Waals surface area contributed by atoms with E-state index in [2.05, 4.69) is 0 Å². The number of carbonyl (C=O) groups is 1. The fourth-order valence-electron chi connectivity index (χ4n) is 2.29. The molecule has 1 aromatic heterocycles. The van der Waals surface area contributed by atoms with Gasteiger partial charge in [-0.3, -0.25) is 4.79 Å². The van der Waals surface area contributed by atoms with Crippen LogP contribution in [0.1, 0.15) is 34.5 Å². The molecule has 1 heterocycles. The number of rotatable bonds is 4. The van der Waals surface area contributed by atoms with Gasteiger partial charge in [-0.15, -0.1) is 0 Å². The molecule has 0 saturated heterocycles. The zero-order valence-electron chi connectivity index (χ0n) is 11.3. The molecule has 0 spiro atoms. The molecule has 1 fully saturated rings. The lowest BCUT2D eigenvalue weighted by molar-refractivity contribution is 0.0695. The van der Waals surface area contributed by atoms with Crippen LogP contribution < -0.4 is 0 Å². The summed E-state index contributed by atoms with van der Waals surface area (Å²) >= 11 is 0. The molecule has 0 atom stereocenters. The van der Waals surface area contributed by atoms with Crippen molar-refractivity contribution in [2.45, 2.75) is 32.4 Å². The molecule has 1 amide bonds. The van der Waals surface area contributed by atoms with Gasteiger partial charge in [0.05, 0.1) is 6.26 Å². The molecule has 3 nitrogen and oxygen atoms in total. The van der Waals surface area contributed by atoms with Gasteiger partial charge in [0.15, 0.2) is 5.76 Å². The first-order valence-electron chi connectivity index (χ1n) is 6.75. The zero-order valence-corrected chi connectivity index (χ0v) is 11.3. The number of nitrogens with zero attached hydrogens (tertiary/aromatic N) is 1. The molecule has 2 aromatic rings. The first-order chi connectivity index (χ1) is 9.66. The standard InChI is InChI=1S/C16H16FNO2/c1-11-8-9-20-15(11)16(19)18(13-6-7-13)10-12-4-2-3-5-14(12)17/h2-5,8-9,13H,6-7,10H2,1H3. The molecule has 1 saturated carbocycles. The summed E-state index contributed by atoms with van der Waals surface area (Å²) in [4.78, 5) is 14.2. The molecule has 0 bridgehead atoms. The van der Waals surface area contributed by atoms with Crippen molar-refractivity contribution in [3.63, 3.8) is 0 Å². The summed E-state index contributed by atoms with van der Waals surface area (Å²) in [5.41, 5.74) is 1.35.